The highest BCUT2D eigenvalue weighted by molar-refractivity contribution is 7.92. The van der Waals surface area contributed by atoms with E-state index in [0.717, 1.165) is 18.1 Å². The van der Waals surface area contributed by atoms with Crippen LogP contribution in [0.1, 0.15) is 29.3 Å². The lowest BCUT2D eigenvalue weighted by Crippen LogP contribution is -2.44. The van der Waals surface area contributed by atoms with Gasteiger partial charge in [0.2, 0.25) is 5.88 Å². The van der Waals surface area contributed by atoms with Gasteiger partial charge in [-0.1, -0.05) is 0 Å². The van der Waals surface area contributed by atoms with Gasteiger partial charge in [-0.05, 0) is 37.6 Å². The molecule has 0 spiro atoms. The molecule has 0 unspecified atom stereocenters. The van der Waals surface area contributed by atoms with E-state index >= 15 is 0 Å². The fourth-order valence-electron chi connectivity index (χ4n) is 5.04. The molecule has 5 aromatic rings. The minimum atomic E-state index is -3.95. The van der Waals surface area contributed by atoms with Crippen LogP contribution in [0.4, 0.5) is 11.4 Å². The van der Waals surface area contributed by atoms with Crippen molar-refractivity contribution in [2.24, 2.45) is 0 Å². The van der Waals surface area contributed by atoms with E-state index < -0.39 is 10.0 Å². The van der Waals surface area contributed by atoms with Crippen LogP contribution in [0.2, 0.25) is 0 Å². The fraction of sp³-hybridized carbons (Fsp3) is 0.296. The molecule has 5 heterocycles. The smallest absolute Gasteiger partial charge is 0.275 e. The minimum Gasteiger partial charge on any atom is -0.480 e. The zero-order valence-electron chi connectivity index (χ0n) is 23.5. The number of sulfonamides is 1. The molecule has 0 aliphatic carbocycles. The topological polar surface area (TPSA) is 180 Å². The van der Waals surface area contributed by atoms with Gasteiger partial charge in [0.1, 0.15) is 21.3 Å². The van der Waals surface area contributed by atoms with E-state index in [0.29, 0.717) is 40.0 Å². The number of fused-ring (bicyclic) bond motifs is 1. The number of amides is 1. The number of carbonyl (C=O) groups excluding carboxylic acids is 1. The van der Waals surface area contributed by atoms with Crippen LogP contribution >= 0.6 is 11.3 Å². The summed E-state index contributed by atoms with van der Waals surface area (Å²) in [6.45, 7) is 6.37. The number of morpholine rings is 1. The number of anilines is 2. The van der Waals surface area contributed by atoms with Gasteiger partial charge in [-0.2, -0.15) is 10.2 Å². The van der Waals surface area contributed by atoms with Crippen LogP contribution in [0.15, 0.2) is 53.3 Å². The SMILES string of the molecule is COc1ncc(-c2cc(NC(=O)c3csc(CN4C[C@@H](C)O[C@@H](C)C4)n3)c3cn[nH]c3c2)cc1NS(=O)(=O)c1cn[nH]c1. The molecule has 0 saturated carbocycles. The predicted molar refractivity (Wildman–Crippen MR) is 161 cm³/mol. The molecule has 1 fully saturated rings. The summed E-state index contributed by atoms with van der Waals surface area (Å²) in [4.78, 5) is 24.4. The van der Waals surface area contributed by atoms with Crippen LogP contribution < -0.4 is 14.8 Å². The molecule has 4 aromatic heterocycles. The van der Waals surface area contributed by atoms with Gasteiger partial charge in [0.15, 0.2) is 0 Å². The molecule has 224 valence electrons. The standard InChI is InChI=1S/C27H29N9O5S2/c1-15-11-36(12-16(2)41-15)13-25-32-24(14-42-25)26(37)33-21-4-17(5-22-20(21)10-31-34-22)18-6-23(27(40-3)28-7-18)35-43(38,39)19-8-29-30-9-19/h4-10,14-16,35H,11-13H2,1-3H3,(H,29,30)(H,31,34)(H,33,37)/t15-,16+. The highest BCUT2D eigenvalue weighted by atomic mass is 32.2. The number of hydrogen-bond acceptors (Lipinski definition) is 11. The number of benzene rings is 1. The van der Waals surface area contributed by atoms with E-state index in [1.165, 1.54) is 30.8 Å². The van der Waals surface area contributed by atoms with Gasteiger partial charge >= 0.3 is 0 Å². The molecule has 0 bridgehead atoms. The molecule has 43 heavy (non-hydrogen) atoms. The van der Waals surface area contributed by atoms with Gasteiger partial charge in [0.25, 0.3) is 15.9 Å². The zero-order valence-corrected chi connectivity index (χ0v) is 25.1. The maximum Gasteiger partial charge on any atom is 0.275 e. The number of thiazole rings is 1. The van der Waals surface area contributed by atoms with Crippen molar-refractivity contribution in [2.45, 2.75) is 37.5 Å². The Kier molecular flexibility index (Phi) is 7.83. The van der Waals surface area contributed by atoms with E-state index in [-0.39, 0.29) is 34.6 Å². The molecule has 1 amide bonds. The Bertz CT molecular complexity index is 1860. The van der Waals surface area contributed by atoms with Gasteiger partial charge in [-0.3, -0.25) is 24.6 Å². The maximum atomic E-state index is 13.3. The van der Waals surface area contributed by atoms with Crippen LogP contribution in [0.25, 0.3) is 22.0 Å². The van der Waals surface area contributed by atoms with Crippen LogP contribution in [0.3, 0.4) is 0 Å². The number of pyridine rings is 1. The molecule has 1 aromatic carbocycles. The third kappa shape index (κ3) is 6.22. The molecule has 1 saturated heterocycles. The number of methoxy groups -OCH3 is 1. The van der Waals surface area contributed by atoms with Crippen LogP contribution in [-0.2, 0) is 21.3 Å². The lowest BCUT2D eigenvalue weighted by atomic mass is 10.0. The summed E-state index contributed by atoms with van der Waals surface area (Å²) in [5.41, 5.74) is 2.85. The van der Waals surface area contributed by atoms with E-state index in [1.807, 2.05) is 6.07 Å². The molecule has 4 N–H and O–H groups in total. The number of nitrogens with one attached hydrogen (secondary N) is 4. The highest BCUT2D eigenvalue weighted by Gasteiger charge is 2.24. The number of aromatic nitrogens is 6. The summed E-state index contributed by atoms with van der Waals surface area (Å²) in [5.74, 6) is -0.264. The Morgan fingerprint density at radius 1 is 1.12 bits per heavy atom. The van der Waals surface area contributed by atoms with Crippen molar-refractivity contribution in [1.29, 1.82) is 0 Å². The summed E-state index contributed by atoms with van der Waals surface area (Å²) >= 11 is 1.44. The Morgan fingerprint density at radius 2 is 1.91 bits per heavy atom. The second kappa shape index (κ2) is 11.7. The van der Waals surface area contributed by atoms with Crippen LogP contribution in [0, 0.1) is 0 Å². The largest absolute Gasteiger partial charge is 0.480 e. The average molecular weight is 624 g/mol. The number of rotatable bonds is 9. The zero-order chi connectivity index (χ0) is 30.1. The molecular weight excluding hydrogens is 594 g/mol. The predicted octanol–water partition coefficient (Wildman–Crippen LogP) is 3.48. The Hall–Kier alpha value is -4.38. The fourth-order valence-corrected chi connectivity index (χ4v) is 6.80. The number of nitrogens with zero attached hydrogens (tertiary/aromatic N) is 5. The van der Waals surface area contributed by atoms with Gasteiger partial charge in [0, 0.05) is 41.8 Å². The molecule has 6 rings (SSSR count). The van der Waals surface area contributed by atoms with E-state index in [1.54, 1.807) is 29.9 Å². The van der Waals surface area contributed by atoms with Crippen molar-refractivity contribution in [3.05, 3.63) is 59.1 Å². The summed E-state index contributed by atoms with van der Waals surface area (Å²) in [6, 6.07) is 5.21. The molecule has 1 aliphatic rings. The summed E-state index contributed by atoms with van der Waals surface area (Å²) in [7, 11) is -2.55. The minimum absolute atomic E-state index is 0.0388. The molecule has 14 nitrogen and oxygen atoms in total. The third-order valence-electron chi connectivity index (χ3n) is 6.85. The van der Waals surface area contributed by atoms with Crippen molar-refractivity contribution >= 4 is 49.5 Å². The average Bonchev–Trinajstić information content (AvgIpc) is 3.75. The Balaban J connectivity index is 1.25. The normalized spacial score (nSPS) is 17.7. The molecule has 1 aliphatic heterocycles. The van der Waals surface area contributed by atoms with Gasteiger partial charge in [-0.25, -0.2) is 18.4 Å². The quantitative estimate of drug-likeness (QED) is 0.190. The number of ether oxygens (including phenoxy) is 2. The first-order chi connectivity index (χ1) is 20.7. The molecular formula is C27H29N9O5S2. The lowest BCUT2D eigenvalue weighted by molar-refractivity contribution is -0.0705. The first kappa shape index (κ1) is 28.7. The maximum absolute atomic E-state index is 13.3. The molecule has 2 atom stereocenters. The van der Waals surface area contributed by atoms with Crippen molar-refractivity contribution in [3.63, 3.8) is 0 Å². The number of H-pyrrole nitrogens is 2. The van der Waals surface area contributed by atoms with Crippen molar-refractivity contribution in [2.75, 3.05) is 30.2 Å². The van der Waals surface area contributed by atoms with Crippen molar-refractivity contribution in [3.8, 4) is 17.0 Å². The summed E-state index contributed by atoms with van der Waals surface area (Å²) < 4.78 is 39.3. The first-order valence-corrected chi connectivity index (χ1v) is 15.7. The van der Waals surface area contributed by atoms with Gasteiger partial charge in [0.05, 0.1) is 49.5 Å². The number of aromatic amines is 2. The second-order valence-corrected chi connectivity index (χ2v) is 12.8. The third-order valence-corrected chi connectivity index (χ3v) is 9.02. The van der Waals surface area contributed by atoms with Gasteiger partial charge < -0.3 is 14.8 Å². The van der Waals surface area contributed by atoms with Crippen LogP contribution in [-0.4, -0.2) is 82.0 Å². The Morgan fingerprint density at radius 3 is 2.65 bits per heavy atom. The molecule has 0 radical (unpaired) electrons. The van der Waals surface area contributed by atoms with Crippen molar-refractivity contribution in [1.82, 2.24) is 35.3 Å². The Labute approximate surface area is 250 Å². The lowest BCUT2D eigenvalue weighted by Gasteiger charge is -2.34. The highest BCUT2D eigenvalue weighted by Crippen LogP contribution is 2.34. The summed E-state index contributed by atoms with van der Waals surface area (Å²) in [5, 5.41) is 19.5. The monoisotopic (exact) mass is 623 g/mol. The summed E-state index contributed by atoms with van der Waals surface area (Å²) in [6.07, 6.45) is 5.93. The van der Waals surface area contributed by atoms with Crippen LogP contribution in [0.5, 0.6) is 5.88 Å². The second-order valence-electron chi connectivity index (χ2n) is 10.2. The molecule has 16 heteroatoms. The van der Waals surface area contributed by atoms with E-state index in [2.05, 4.69) is 59.1 Å². The number of hydrogen-bond donors (Lipinski definition) is 4. The number of carbonyl (C=O) groups is 1. The first-order valence-electron chi connectivity index (χ1n) is 13.3. The van der Waals surface area contributed by atoms with E-state index in [9.17, 15) is 13.2 Å². The van der Waals surface area contributed by atoms with Gasteiger partial charge in [-0.15, -0.1) is 11.3 Å². The van der Waals surface area contributed by atoms with E-state index in [4.69, 9.17) is 9.47 Å². The van der Waals surface area contributed by atoms with Crippen molar-refractivity contribution < 1.29 is 22.7 Å².